The van der Waals surface area contributed by atoms with E-state index >= 15 is 0 Å². The van der Waals surface area contributed by atoms with Gasteiger partial charge in [-0.15, -0.1) is 0 Å². The second-order valence-corrected chi connectivity index (χ2v) is 4.46. The molecule has 16 heavy (non-hydrogen) atoms. The first-order chi connectivity index (χ1) is 6.65. The summed E-state index contributed by atoms with van der Waals surface area (Å²) >= 11 is 16.5. The van der Waals surface area contributed by atoms with Crippen LogP contribution in [0.2, 0.25) is 0 Å². The highest BCUT2D eigenvalue weighted by molar-refractivity contribution is 6.49. The molecule has 0 amide bonds. The summed E-state index contributed by atoms with van der Waals surface area (Å²) in [6.07, 6.45) is 0. The molecule has 1 nitrogen and oxygen atoms in total. The molecule has 0 fully saturated rings. The molecule has 96 valence electrons. The zero-order valence-electron chi connectivity index (χ0n) is 6.69. The number of carbonyl (C=O) groups excluding carboxylic acids is 1. The monoisotopic (exact) mass is 330 g/mol. The molecule has 0 saturated heterocycles. The minimum atomic E-state index is -5.15. The highest BCUT2D eigenvalue weighted by atomic mass is 35.5. The van der Waals surface area contributed by atoms with E-state index in [1.807, 2.05) is 0 Å². The number of halogens is 10. The van der Waals surface area contributed by atoms with E-state index < -0.39 is 26.8 Å². The fourth-order valence-electron chi connectivity index (χ4n) is 0.455. The Hall–Kier alpha value is 0.410. The Balaban J connectivity index is 5.40. The van der Waals surface area contributed by atoms with Crippen molar-refractivity contribution >= 4 is 52.2 Å². The second kappa shape index (κ2) is 4.26. The highest BCUT2D eigenvalue weighted by Gasteiger charge is 2.71. The summed E-state index contributed by atoms with van der Waals surface area (Å²) < 4.78 is 74.4. The zero-order chi connectivity index (χ0) is 13.6. The predicted octanol–water partition coefficient (Wildman–Crippen LogP) is 4.03. The Morgan fingerprint density at radius 1 is 0.688 bits per heavy atom. The average molecular weight is 332 g/mol. The molecule has 0 spiro atoms. The molecule has 0 heterocycles. The Kier molecular flexibility index (Phi) is 4.37. The van der Waals surface area contributed by atoms with Crippen LogP contribution in [0.5, 0.6) is 0 Å². The van der Waals surface area contributed by atoms with E-state index in [-0.39, 0.29) is 0 Å². The second-order valence-electron chi connectivity index (χ2n) is 2.47. The van der Waals surface area contributed by atoms with Gasteiger partial charge in [0.25, 0.3) is 5.78 Å². The third-order valence-electron chi connectivity index (χ3n) is 1.28. The van der Waals surface area contributed by atoms with Crippen molar-refractivity contribution in [2.24, 2.45) is 0 Å². The van der Waals surface area contributed by atoms with Crippen molar-refractivity contribution < 1.29 is 31.1 Å². The summed E-state index contributed by atoms with van der Waals surface area (Å²) in [5.41, 5.74) is 0. The third-order valence-corrected chi connectivity index (χ3v) is 2.81. The van der Waals surface area contributed by atoms with Crippen LogP contribution in [-0.4, -0.2) is 26.8 Å². The van der Waals surface area contributed by atoms with E-state index in [0.29, 0.717) is 0 Å². The van der Waals surface area contributed by atoms with Gasteiger partial charge in [0, 0.05) is 0 Å². The molecule has 0 aromatic carbocycles. The van der Waals surface area contributed by atoms with Crippen molar-refractivity contribution in [1.82, 2.24) is 0 Å². The molecule has 0 aliphatic heterocycles. The van der Waals surface area contributed by atoms with Gasteiger partial charge >= 0.3 is 21.0 Å². The van der Waals surface area contributed by atoms with Crippen LogP contribution in [0.4, 0.5) is 26.3 Å². The standard InChI is InChI=1S/C5Cl4F6O/c6-2(10,4(8,12)13)1(16)3(7,11)5(9,14)15. The topological polar surface area (TPSA) is 17.1 Å². The van der Waals surface area contributed by atoms with Gasteiger partial charge in [-0.05, 0) is 23.2 Å². The van der Waals surface area contributed by atoms with Crippen LogP contribution < -0.4 is 0 Å². The van der Waals surface area contributed by atoms with E-state index in [1.165, 1.54) is 0 Å². The number of carbonyl (C=O) groups is 1. The van der Waals surface area contributed by atoms with E-state index in [0.717, 1.165) is 0 Å². The van der Waals surface area contributed by atoms with Crippen LogP contribution in [0.25, 0.3) is 0 Å². The van der Waals surface area contributed by atoms with Crippen molar-refractivity contribution in [3.63, 3.8) is 0 Å². The van der Waals surface area contributed by atoms with Gasteiger partial charge in [-0.25, -0.2) is 8.78 Å². The first-order valence-corrected chi connectivity index (χ1v) is 4.61. The minimum absolute atomic E-state index is 3.21. The number of hydrogen-bond donors (Lipinski definition) is 0. The van der Waals surface area contributed by atoms with E-state index in [4.69, 9.17) is 0 Å². The Morgan fingerprint density at radius 3 is 1.00 bits per heavy atom. The van der Waals surface area contributed by atoms with Crippen LogP contribution in [-0.2, 0) is 4.79 Å². The summed E-state index contributed by atoms with van der Waals surface area (Å²) in [7, 11) is 0. The fraction of sp³-hybridized carbons (Fsp3) is 0.800. The van der Waals surface area contributed by atoms with Crippen LogP contribution in [0, 0.1) is 0 Å². The molecule has 0 aromatic rings. The van der Waals surface area contributed by atoms with Crippen molar-refractivity contribution in [1.29, 1.82) is 0 Å². The lowest BCUT2D eigenvalue weighted by Crippen LogP contribution is -2.55. The van der Waals surface area contributed by atoms with E-state index in [2.05, 4.69) is 46.4 Å². The molecule has 2 unspecified atom stereocenters. The van der Waals surface area contributed by atoms with Crippen LogP contribution in [0.15, 0.2) is 0 Å². The van der Waals surface area contributed by atoms with E-state index in [9.17, 15) is 31.1 Å². The van der Waals surface area contributed by atoms with Crippen LogP contribution in [0.3, 0.4) is 0 Å². The summed E-state index contributed by atoms with van der Waals surface area (Å²) in [4.78, 5) is 10.6. The van der Waals surface area contributed by atoms with Crippen molar-refractivity contribution in [3.8, 4) is 0 Å². The molecule has 0 N–H and O–H groups in total. The predicted molar refractivity (Wildman–Crippen MR) is 46.0 cm³/mol. The van der Waals surface area contributed by atoms with Crippen LogP contribution in [0.1, 0.15) is 0 Å². The largest absolute Gasteiger partial charge is 0.376 e. The molecular weight excluding hydrogens is 332 g/mol. The van der Waals surface area contributed by atoms with Gasteiger partial charge < -0.3 is 0 Å². The molecule has 0 radical (unpaired) electrons. The quantitative estimate of drug-likeness (QED) is 0.561. The molecule has 11 heteroatoms. The Bertz CT molecular complexity index is 264. The summed E-state index contributed by atoms with van der Waals surface area (Å²) in [6, 6.07) is 0. The molecule has 0 aliphatic carbocycles. The van der Waals surface area contributed by atoms with Crippen molar-refractivity contribution in [3.05, 3.63) is 0 Å². The molecule has 0 aromatic heterocycles. The maximum atomic E-state index is 12.8. The zero-order valence-corrected chi connectivity index (χ0v) is 9.71. The SMILES string of the molecule is O=C(C(F)(Cl)C(F)(F)Cl)C(F)(Cl)C(F)(F)Cl. The lowest BCUT2D eigenvalue weighted by Gasteiger charge is -2.28. The lowest BCUT2D eigenvalue weighted by molar-refractivity contribution is -0.153. The molecule has 0 aliphatic rings. The first-order valence-electron chi connectivity index (χ1n) is 3.09. The lowest BCUT2D eigenvalue weighted by atomic mass is 10.1. The number of rotatable bonds is 4. The van der Waals surface area contributed by atoms with Gasteiger partial charge in [-0.2, -0.15) is 17.6 Å². The highest BCUT2D eigenvalue weighted by Crippen LogP contribution is 2.49. The van der Waals surface area contributed by atoms with Gasteiger partial charge in [0.05, 0.1) is 0 Å². The normalized spacial score (nSPS) is 21.1. The molecule has 0 rings (SSSR count). The maximum absolute atomic E-state index is 12.8. The number of hydrogen-bond acceptors (Lipinski definition) is 1. The molecule has 2 atom stereocenters. The summed E-state index contributed by atoms with van der Waals surface area (Å²) in [5, 5.41) is -20.2. The summed E-state index contributed by atoms with van der Waals surface area (Å²) in [6.45, 7) is 0. The summed E-state index contributed by atoms with van der Waals surface area (Å²) in [5.74, 6) is -3.21. The number of Topliss-reactive ketones (excluding diaryl/α,β-unsaturated/α-hetero) is 1. The van der Waals surface area contributed by atoms with Gasteiger partial charge in [0.1, 0.15) is 0 Å². The smallest absolute Gasteiger partial charge is 0.289 e. The first kappa shape index (κ1) is 16.4. The maximum Gasteiger partial charge on any atom is 0.376 e. The Labute approximate surface area is 105 Å². The molecular formula is C5Cl4F6O. The minimum Gasteiger partial charge on any atom is -0.289 e. The van der Waals surface area contributed by atoms with Gasteiger partial charge in [0.2, 0.25) is 0 Å². The van der Waals surface area contributed by atoms with Gasteiger partial charge in [0.15, 0.2) is 0 Å². The average Bonchev–Trinajstić information content (AvgIpc) is 1.98. The van der Waals surface area contributed by atoms with Gasteiger partial charge in [-0.3, -0.25) is 4.79 Å². The fourth-order valence-corrected chi connectivity index (χ4v) is 0.935. The van der Waals surface area contributed by atoms with E-state index in [1.54, 1.807) is 0 Å². The Morgan fingerprint density at radius 2 is 0.875 bits per heavy atom. The number of alkyl halides is 10. The number of ketones is 1. The molecule has 0 saturated carbocycles. The van der Waals surface area contributed by atoms with Gasteiger partial charge in [-0.1, -0.05) is 23.2 Å². The van der Waals surface area contributed by atoms with Crippen molar-refractivity contribution in [2.45, 2.75) is 21.0 Å². The van der Waals surface area contributed by atoms with Crippen molar-refractivity contribution in [2.75, 3.05) is 0 Å². The van der Waals surface area contributed by atoms with Crippen LogP contribution >= 0.6 is 46.4 Å². The molecule has 0 bridgehead atoms. The third kappa shape index (κ3) is 2.80.